The molecule has 0 unspecified atom stereocenters. The van der Waals surface area contributed by atoms with Crippen molar-refractivity contribution in [2.24, 2.45) is 0 Å². The molecule has 4 aromatic rings. The van der Waals surface area contributed by atoms with E-state index in [1.54, 1.807) is 26.2 Å². The summed E-state index contributed by atoms with van der Waals surface area (Å²) in [6.07, 6.45) is 0. The number of fused-ring (bicyclic) bond motifs is 1. The molecule has 0 bridgehead atoms. The Morgan fingerprint density at radius 2 is 1.78 bits per heavy atom. The summed E-state index contributed by atoms with van der Waals surface area (Å²) >= 11 is 2.84. The first-order chi connectivity index (χ1) is 15.5. The summed E-state index contributed by atoms with van der Waals surface area (Å²) in [6.45, 7) is 2.65. The average Bonchev–Trinajstić information content (AvgIpc) is 3.42. The molecular formula is C23H23N3O4S2. The fraction of sp³-hybridized carbons (Fsp3) is 0.261. The zero-order valence-corrected chi connectivity index (χ0v) is 19.9. The average molecular weight is 470 g/mol. The second-order valence-electron chi connectivity index (χ2n) is 6.92. The van der Waals surface area contributed by atoms with E-state index < -0.39 is 0 Å². The Morgan fingerprint density at radius 3 is 2.50 bits per heavy atom. The lowest BCUT2D eigenvalue weighted by molar-refractivity contribution is 0.0979. The molecule has 1 amide bonds. The molecule has 0 N–H and O–H groups in total. The molecule has 0 aliphatic rings. The van der Waals surface area contributed by atoms with E-state index in [1.807, 2.05) is 49.4 Å². The maximum Gasteiger partial charge on any atom is 0.272 e. The number of anilines is 1. The minimum atomic E-state index is -0.136. The fourth-order valence-electron chi connectivity index (χ4n) is 3.25. The number of nitrogens with zero attached hydrogens (tertiary/aromatic N) is 3. The molecule has 0 saturated carbocycles. The maximum atomic E-state index is 13.6. The van der Waals surface area contributed by atoms with Gasteiger partial charge >= 0.3 is 0 Å². The van der Waals surface area contributed by atoms with Gasteiger partial charge in [-0.05, 0) is 37.3 Å². The van der Waals surface area contributed by atoms with Crippen LogP contribution in [0.4, 0.5) is 5.13 Å². The van der Waals surface area contributed by atoms with Crippen LogP contribution >= 0.6 is 22.7 Å². The van der Waals surface area contributed by atoms with Gasteiger partial charge in [0, 0.05) is 12.7 Å². The number of carbonyl (C=O) groups is 1. The zero-order chi connectivity index (χ0) is 22.7. The molecule has 7 nitrogen and oxygen atoms in total. The molecular weight excluding hydrogens is 446 g/mol. The van der Waals surface area contributed by atoms with Crippen LogP contribution < -0.4 is 14.4 Å². The number of aryl methyl sites for hydroxylation is 1. The van der Waals surface area contributed by atoms with Crippen molar-refractivity contribution >= 4 is 43.9 Å². The van der Waals surface area contributed by atoms with E-state index in [2.05, 4.69) is 9.97 Å². The molecule has 32 heavy (non-hydrogen) atoms. The number of ether oxygens (including phenoxy) is 3. The predicted octanol–water partition coefficient (Wildman–Crippen LogP) is 5.04. The monoisotopic (exact) mass is 469 g/mol. The molecule has 2 aromatic heterocycles. The molecule has 0 atom stereocenters. The molecule has 0 saturated heterocycles. The van der Waals surface area contributed by atoms with Gasteiger partial charge < -0.3 is 14.2 Å². The van der Waals surface area contributed by atoms with E-state index in [1.165, 1.54) is 22.7 Å². The topological polar surface area (TPSA) is 73.8 Å². The minimum absolute atomic E-state index is 0.136. The zero-order valence-electron chi connectivity index (χ0n) is 18.2. The van der Waals surface area contributed by atoms with Crippen molar-refractivity contribution in [3.05, 3.63) is 53.0 Å². The van der Waals surface area contributed by atoms with Crippen LogP contribution in [0.5, 0.6) is 11.5 Å². The SMILES string of the molecule is COCCN(C(=O)c1sc(-c2ccc(OC)c(OC)c2)nc1C)c1nc2ccccc2s1. The molecule has 166 valence electrons. The van der Waals surface area contributed by atoms with Crippen molar-refractivity contribution in [2.75, 3.05) is 39.4 Å². The second kappa shape index (κ2) is 9.64. The highest BCUT2D eigenvalue weighted by Crippen LogP contribution is 2.36. The second-order valence-corrected chi connectivity index (χ2v) is 8.93. The lowest BCUT2D eigenvalue weighted by Gasteiger charge is -2.18. The first-order valence-electron chi connectivity index (χ1n) is 9.92. The van der Waals surface area contributed by atoms with E-state index in [0.29, 0.717) is 40.4 Å². The summed E-state index contributed by atoms with van der Waals surface area (Å²) < 4.78 is 17.0. The van der Waals surface area contributed by atoms with Gasteiger partial charge in [0.25, 0.3) is 5.91 Å². The predicted molar refractivity (Wildman–Crippen MR) is 129 cm³/mol. The van der Waals surface area contributed by atoms with Gasteiger partial charge in [0.15, 0.2) is 16.6 Å². The highest BCUT2D eigenvalue weighted by molar-refractivity contribution is 7.22. The smallest absolute Gasteiger partial charge is 0.272 e. The highest BCUT2D eigenvalue weighted by atomic mass is 32.1. The summed E-state index contributed by atoms with van der Waals surface area (Å²) in [5, 5.41) is 1.39. The van der Waals surface area contributed by atoms with Gasteiger partial charge in [-0.2, -0.15) is 0 Å². The summed E-state index contributed by atoms with van der Waals surface area (Å²) in [4.78, 5) is 25.2. The molecule has 2 heterocycles. The summed E-state index contributed by atoms with van der Waals surface area (Å²) in [7, 11) is 4.81. The number of carbonyl (C=O) groups excluding carboxylic acids is 1. The first kappa shape index (κ1) is 22.2. The molecule has 0 spiro atoms. The van der Waals surface area contributed by atoms with Crippen LogP contribution in [0.25, 0.3) is 20.8 Å². The number of rotatable bonds is 8. The van der Waals surface area contributed by atoms with Crippen LogP contribution in [0.1, 0.15) is 15.4 Å². The Morgan fingerprint density at radius 1 is 1.00 bits per heavy atom. The van der Waals surface area contributed by atoms with Crippen LogP contribution in [0.2, 0.25) is 0 Å². The lowest BCUT2D eigenvalue weighted by Crippen LogP contribution is -2.33. The quantitative estimate of drug-likeness (QED) is 0.360. The van der Waals surface area contributed by atoms with Crippen LogP contribution in [0, 0.1) is 6.92 Å². The molecule has 0 aliphatic carbocycles. The number of aromatic nitrogens is 2. The Balaban J connectivity index is 1.69. The van der Waals surface area contributed by atoms with Crippen molar-refractivity contribution in [3.63, 3.8) is 0 Å². The number of hydrogen-bond donors (Lipinski definition) is 0. The van der Waals surface area contributed by atoms with Crippen molar-refractivity contribution in [3.8, 4) is 22.1 Å². The Bertz CT molecular complexity index is 1220. The third kappa shape index (κ3) is 4.32. The van der Waals surface area contributed by atoms with Gasteiger partial charge in [-0.15, -0.1) is 11.3 Å². The molecule has 4 rings (SSSR count). The van der Waals surface area contributed by atoms with E-state index in [4.69, 9.17) is 14.2 Å². The molecule has 2 aromatic carbocycles. The van der Waals surface area contributed by atoms with Crippen molar-refractivity contribution in [2.45, 2.75) is 6.92 Å². The van der Waals surface area contributed by atoms with E-state index in [0.717, 1.165) is 20.8 Å². The van der Waals surface area contributed by atoms with Gasteiger partial charge in [-0.3, -0.25) is 9.69 Å². The molecule has 0 fully saturated rings. The number of para-hydroxylation sites is 1. The minimum Gasteiger partial charge on any atom is -0.493 e. The number of thiazole rings is 2. The Hall–Kier alpha value is -3.01. The first-order valence-corrected chi connectivity index (χ1v) is 11.5. The molecule has 0 aliphatic heterocycles. The van der Waals surface area contributed by atoms with Gasteiger partial charge in [-0.25, -0.2) is 9.97 Å². The largest absolute Gasteiger partial charge is 0.493 e. The maximum absolute atomic E-state index is 13.6. The van der Waals surface area contributed by atoms with Crippen LogP contribution in [0.3, 0.4) is 0 Å². The summed E-state index contributed by atoms with van der Waals surface area (Å²) in [5.41, 5.74) is 2.40. The number of hydrogen-bond acceptors (Lipinski definition) is 8. The van der Waals surface area contributed by atoms with Gasteiger partial charge in [0.2, 0.25) is 0 Å². The standard InChI is InChI=1S/C23H23N3O4S2/c1-14-20(32-21(24-14)15-9-10-17(29-3)18(13-15)30-4)22(27)26(11-12-28-2)23-25-16-7-5-6-8-19(16)31-23/h5-10,13H,11-12H2,1-4H3. The fourth-order valence-corrected chi connectivity index (χ4v) is 5.25. The third-order valence-corrected chi connectivity index (χ3v) is 7.15. The van der Waals surface area contributed by atoms with E-state index in [9.17, 15) is 4.79 Å². The molecule has 0 radical (unpaired) electrons. The van der Waals surface area contributed by atoms with Gasteiger partial charge in [0.05, 0.1) is 43.3 Å². The van der Waals surface area contributed by atoms with E-state index >= 15 is 0 Å². The van der Waals surface area contributed by atoms with Crippen LogP contribution in [0.15, 0.2) is 42.5 Å². The number of amides is 1. The normalized spacial score (nSPS) is 11.0. The third-order valence-electron chi connectivity index (χ3n) is 4.90. The van der Waals surface area contributed by atoms with Crippen LogP contribution in [-0.4, -0.2) is 50.4 Å². The molecule has 9 heteroatoms. The number of methoxy groups -OCH3 is 3. The van der Waals surface area contributed by atoms with Gasteiger partial charge in [-0.1, -0.05) is 23.5 Å². The lowest BCUT2D eigenvalue weighted by atomic mass is 10.2. The van der Waals surface area contributed by atoms with Gasteiger partial charge in [0.1, 0.15) is 9.88 Å². The number of benzene rings is 2. The Labute approximate surface area is 194 Å². The highest BCUT2D eigenvalue weighted by Gasteiger charge is 2.26. The van der Waals surface area contributed by atoms with Crippen molar-refractivity contribution in [1.82, 2.24) is 9.97 Å². The van der Waals surface area contributed by atoms with Crippen molar-refractivity contribution in [1.29, 1.82) is 0 Å². The van der Waals surface area contributed by atoms with Crippen LogP contribution in [-0.2, 0) is 4.74 Å². The summed E-state index contributed by atoms with van der Waals surface area (Å²) in [6, 6.07) is 13.5. The van der Waals surface area contributed by atoms with E-state index in [-0.39, 0.29) is 5.91 Å². The Kier molecular flexibility index (Phi) is 6.69. The summed E-state index contributed by atoms with van der Waals surface area (Å²) in [5.74, 6) is 1.12. The van der Waals surface area contributed by atoms with Crippen molar-refractivity contribution < 1.29 is 19.0 Å².